The van der Waals surface area contributed by atoms with Crippen LogP contribution in [0.4, 0.5) is 0 Å². The zero-order chi connectivity index (χ0) is 23.3. The predicted molar refractivity (Wildman–Crippen MR) is 120 cm³/mol. The molecule has 1 heterocycles. The van der Waals surface area contributed by atoms with Crippen LogP contribution >= 0.6 is 0 Å². The molecule has 0 amide bonds. The minimum absolute atomic E-state index is 0.195. The van der Waals surface area contributed by atoms with E-state index in [9.17, 15) is 4.79 Å². The smallest absolute Gasteiger partial charge is 0.320 e. The number of nitrogens with one attached hydrogen (secondary N) is 1. The summed E-state index contributed by atoms with van der Waals surface area (Å²) in [5.41, 5.74) is -0.507. The van der Waals surface area contributed by atoms with Crippen molar-refractivity contribution in [1.29, 1.82) is 0 Å². The fourth-order valence-corrected chi connectivity index (χ4v) is 2.71. The maximum absolute atomic E-state index is 12.2. The van der Waals surface area contributed by atoms with E-state index in [-0.39, 0.29) is 12.5 Å². The Morgan fingerprint density at radius 2 is 1.06 bits per heavy atom. The molecule has 0 aliphatic carbocycles. The van der Waals surface area contributed by atoms with Gasteiger partial charge in [0.05, 0.1) is 85.8 Å². The molecule has 0 unspecified atom stereocenters. The van der Waals surface area contributed by atoms with E-state index in [0.29, 0.717) is 92.4 Å². The van der Waals surface area contributed by atoms with Gasteiger partial charge in [-0.2, -0.15) is 0 Å². The summed E-state index contributed by atoms with van der Waals surface area (Å²) >= 11 is 0. The molecule has 10 nitrogen and oxygen atoms in total. The van der Waals surface area contributed by atoms with Gasteiger partial charge < -0.3 is 38.5 Å². The second-order valence-corrected chi connectivity index (χ2v) is 8.29. The average Bonchev–Trinajstić information content (AvgIpc) is 2.72. The Morgan fingerprint density at radius 3 is 1.47 bits per heavy atom. The van der Waals surface area contributed by atoms with Crippen LogP contribution in [0.5, 0.6) is 0 Å². The normalized spacial score (nSPS) is 22.0. The SMILES string of the molecule is CC(C)(C)OC(=O)CN1CCOCCOCCOCCNCCOCCOCCOCC1. The van der Waals surface area contributed by atoms with Crippen LogP contribution in [-0.4, -0.2) is 128 Å². The maximum Gasteiger partial charge on any atom is 0.320 e. The highest BCUT2D eigenvalue weighted by atomic mass is 16.6. The Bertz CT molecular complexity index is 424. The van der Waals surface area contributed by atoms with Crippen LogP contribution in [0.2, 0.25) is 0 Å². The minimum atomic E-state index is -0.507. The molecule has 1 saturated heterocycles. The van der Waals surface area contributed by atoms with Crippen LogP contribution in [0.15, 0.2) is 0 Å². The zero-order valence-corrected chi connectivity index (χ0v) is 20.2. The highest BCUT2D eigenvalue weighted by Gasteiger charge is 2.19. The van der Waals surface area contributed by atoms with Gasteiger partial charge in [0.2, 0.25) is 0 Å². The van der Waals surface area contributed by atoms with E-state index in [1.807, 2.05) is 25.7 Å². The van der Waals surface area contributed by atoms with E-state index in [1.54, 1.807) is 0 Å². The van der Waals surface area contributed by atoms with Gasteiger partial charge in [0, 0.05) is 26.2 Å². The van der Waals surface area contributed by atoms with Gasteiger partial charge in [-0.1, -0.05) is 0 Å². The van der Waals surface area contributed by atoms with Gasteiger partial charge in [0.15, 0.2) is 0 Å². The molecule has 1 aliphatic heterocycles. The molecule has 0 atom stereocenters. The Labute approximate surface area is 193 Å². The summed E-state index contributed by atoms with van der Waals surface area (Å²) < 4.78 is 38.7. The van der Waals surface area contributed by atoms with Crippen LogP contribution in [0.25, 0.3) is 0 Å². The van der Waals surface area contributed by atoms with E-state index in [4.69, 9.17) is 33.2 Å². The first kappa shape index (κ1) is 29.2. The Kier molecular flexibility index (Phi) is 17.9. The third-order valence-corrected chi connectivity index (χ3v) is 4.21. The summed E-state index contributed by atoms with van der Waals surface area (Å²) in [7, 11) is 0. The van der Waals surface area contributed by atoms with Gasteiger partial charge in [0.1, 0.15) is 5.60 Å². The third kappa shape index (κ3) is 19.8. The lowest BCUT2D eigenvalue weighted by Gasteiger charge is -2.25. The minimum Gasteiger partial charge on any atom is -0.459 e. The number of hydrogen-bond acceptors (Lipinski definition) is 10. The highest BCUT2D eigenvalue weighted by Crippen LogP contribution is 2.07. The summed E-state index contributed by atoms with van der Waals surface area (Å²) in [5.74, 6) is -0.257. The molecule has 0 aromatic heterocycles. The number of hydrogen-bond donors (Lipinski definition) is 1. The van der Waals surface area contributed by atoms with Crippen molar-refractivity contribution >= 4 is 5.97 Å². The van der Waals surface area contributed by atoms with Crippen molar-refractivity contribution < 1.29 is 38.0 Å². The van der Waals surface area contributed by atoms with Gasteiger partial charge in [-0.15, -0.1) is 0 Å². The number of nitrogens with zero attached hydrogens (tertiary/aromatic N) is 1. The van der Waals surface area contributed by atoms with Crippen LogP contribution < -0.4 is 5.32 Å². The lowest BCUT2D eigenvalue weighted by molar-refractivity contribution is -0.156. The number of carbonyl (C=O) groups excluding carboxylic acids is 1. The first-order valence-corrected chi connectivity index (χ1v) is 11.6. The Morgan fingerprint density at radius 1 is 0.688 bits per heavy atom. The molecule has 0 bridgehead atoms. The fraction of sp³-hybridized carbons (Fsp3) is 0.955. The van der Waals surface area contributed by atoms with Gasteiger partial charge in [-0.25, -0.2) is 0 Å². The first-order chi connectivity index (χ1) is 15.5. The Balaban J connectivity index is 2.35. The topological polar surface area (TPSA) is 97.0 Å². The number of carbonyl (C=O) groups is 1. The summed E-state index contributed by atoms with van der Waals surface area (Å²) in [5, 5.41) is 3.26. The monoisotopic (exact) mass is 464 g/mol. The molecule has 1 rings (SSSR count). The van der Waals surface area contributed by atoms with Crippen molar-refractivity contribution in [3.8, 4) is 0 Å². The van der Waals surface area contributed by atoms with Gasteiger partial charge in [-0.3, -0.25) is 9.69 Å². The van der Waals surface area contributed by atoms with Crippen LogP contribution in [-0.2, 0) is 38.0 Å². The molecule has 10 heteroatoms. The van der Waals surface area contributed by atoms with E-state index < -0.39 is 5.60 Å². The molecule has 0 aromatic rings. The number of esters is 1. The quantitative estimate of drug-likeness (QED) is 0.576. The molecular weight excluding hydrogens is 420 g/mol. The summed E-state index contributed by atoms with van der Waals surface area (Å²) in [6.07, 6.45) is 0. The summed E-state index contributed by atoms with van der Waals surface area (Å²) in [4.78, 5) is 14.2. The van der Waals surface area contributed by atoms with Crippen molar-refractivity contribution in [1.82, 2.24) is 10.2 Å². The lowest BCUT2D eigenvalue weighted by Crippen LogP contribution is -2.38. The third-order valence-electron chi connectivity index (χ3n) is 4.21. The van der Waals surface area contributed by atoms with Crippen molar-refractivity contribution in [3.63, 3.8) is 0 Å². The molecule has 0 radical (unpaired) electrons. The first-order valence-electron chi connectivity index (χ1n) is 11.6. The molecule has 0 saturated carbocycles. The van der Waals surface area contributed by atoms with E-state index in [2.05, 4.69) is 5.32 Å². The van der Waals surface area contributed by atoms with Crippen molar-refractivity contribution in [3.05, 3.63) is 0 Å². The average molecular weight is 465 g/mol. The van der Waals surface area contributed by atoms with Gasteiger partial charge in [-0.05, 0) is 20.8 Å². The van der Waals surface area contributed by atoms with Crippen LogP contribution in [0, 0.1) is 0 Å². The molecule has 1 N–H and O–H groups in total. The van der Waals surface area contributed by atoms with E-state index in [0.717, 1.165) is 13.1 Å². The van der Waals surface area contributed by atoms with E-state index >= 15 is 0 Å². The second-order valence-electron chi connectivity index (χ2n) is 8.29. The molecule has 0 spiro atoms. The summed E-state index contributed by atoms with van der Waals surface area (Å²) in [6, 6.07) is 0. The number of ether oxygens (including phenoxy) is 7. The molecular formula is C22H44N2O8. The molecule has 190 valence electrons. The predicted octanol–water partition coefficient (Wildman–Crippen LogP) is 0.333. The zero-order valence-electron chi connectivity index (χ0n) is 20.2. The van der Waals surface area contributed by atoms with Crippen molar-refractivity contribution in [2.24, 2.45) is 0 Å². The van der Waals surface area contributed by atoms with E-state index in [1.165, 1.54) is 0 Å². The largest absolute Gasteiger partial charge is 0.459 e. The van der Waals surface area contributed by atoms with Gasteiger partial charge >= 0.3 is 5.97 Å². The summed E-state index contributed by atoms with van der Waals surface area (Å²) in [6.45, 7) is 15.0. The molecule has 1 aliphatic rings. The van der Waals surface area contributed by atoms with Crippen molar-refractivity contribution in [2.45, 2.75) is 26.4 Å². The molecule has 1 fully saturated rings. The highest BCUT2D eigenvalue weighted by molar-refractivity contribution is 5.72. The second kappa shape index (κ2) is 19.6. The molecule has 32 heavy (non-hydrogen) atoms. The van der Waals surface area contributed by atoms with Crippen molar-refractivity contribution in [2.75, 3.05) is 112 Å². The Hall–Kier alpha value is -0.850. The number of rotatable bonds is 2. The fourth-order valence-electron chi connectivity index (χ4n) is 2.71. The van der Waals surface area contributed by atoms with Crippen LogP contribution in [0.1, 0.15) is 20.8 Å². The standard InChI is InChI=1S/C22H44N2O8/c1-22(2,3)32-21(25)20-24-6-10-28-14-18-30-16-12-26-8-4-23-5-9-27-13-17-31-19-15-29-11-7-24/h23H,4-20H2,1-3H3. The van der Waals surface area contributed by atoms with Crippen LogP contribution in [0.3, 0.4) is 0 Å². The lowest BCUT2D eigenvalue weighted by atomic mass is 10.2. The maximum atomic E-state index is 12.2. The molecule has 0 aromatic carbocycles. The van der Waals surface area contributed by atoms with Gasteiger partial charge in [0.25, 0.3) is 0 Å².